The van der Waals surface area contributed by atoms with Crippen LogP contribution in [0.15, 0.2) is 36.4 Å². The van der Waals surface area contributed by atoms with Gasteiger partial charge in [0.15, 0.2) is 0 Å². The number of hydrogen-bond donors (Lipinski definition) is 0. The van der Waals surface area contributed by atoms with E-state index in [9.17, 15) is 5.11 Å². The van der Waals surface area contributed by atoms with Crippen molar-refractivity contribution in [1.82, 2.24) is 0 Å². The van der Waals surface area contributed by atoms with Crippen LogP contribution in [0, 0.1) is 0 Å². The van der Waals surface area contributed by atoms with Crippen LogP contribution < -0.4 is 0 Å². The first-order valence-corrected chi connectivity index (χ1v) is 4.23. The van der Waals surface area contributed by atoms with E-state index in [-0.39, 0.29) is 6.61 Å². The lowest BCUT2D eigenvalue weighted by Crippen LogP contribution is -1.76. The van der Waals surface area contributed by atoms with Crippen LogP contribution >= 0.6 is 0 Å². The molecule has 12 heavy (non-hydrogen) atoms. The van der Waals surface area contributed by atoms with E-state index in [1.807, 2.05) is 36.4 Å². The van der Waals surface area contributed by atoms with Crippen LogP contribution in [0.5, 0.6) is 0 Å². The predicted octanol–water partition coefficient (Wildman–Crippen LogP) is 2.91. The molecule has 1 heteroatoms. The van der Waals surface area contributed by atoms with Crippen molar-refractivity contribution in [2.24, 2.45) is 0 Å². The maximum Gasteiger partial charge on any atom is 0.0825 e. The highest BCUT2D eigenvalue weighted by Gasteiger charge is 1.82. The van der Waals surface area contributed by atoms with Crippen LogP contribution in [0.1, 0.15) is 18.4 Å². The van der Waals surface area contributed by atoms with Gasteiger partial charge in [-0.3, -0.25) is 0 Å². The summed E-state index contributed by atoms with van der Waals surface area (Å²) in [4.78, 5) is 0. The highest BCUT2D eigenvalue weighted by Crippen LogP contribution is 2.02. The van der Waals surface area contributed by atoms with Gasteiger partial charge in [-0.25, -0.2) is 5.11 Å². The number of hydrogen-bond acceptors (Lipinski definition) is 0. The largest absolute Gasteiger partial charge is 0.237 e. The van der Waals surface area contributed by atoms with Crippen molar-refractivity contribution in [3.05, 3.63) is 42.0 Å². The Morgan fingerprint density at radius 1 is 1.17 bits per heavy atom. The van der Waals surface area contributed by atoms with E-state index in [1.54, 1.807) is 0 Å². The molecule has 0 aliphatic heterocycles. The molecular weight excluding hydrogens is 148 g/mol. The van der Waals surface area contributed by atoms with Crippen LogP contribution in [0.25, 0.3) is 6.08 Å². The Hall–Kier alpha value is -1.08. The van der Waals surface area contributed by atoms with Crippen molar-refractivity contribution in [2.75, 3.05) is 6.61 Å². The van der Waals surface area contributed by atoms with Gasteiger partial charge in [0.1, 0.15) is 0 Å². The lowest BCUT2D eigenvalue weighted by atomic mass is 10.2. The molecule has 0 N–H and O–H groups in total. The minimum atomic E-state index is 0.0269. The number of unbranched alkanes of at least 4 members (excludes halogenated alkanes) is 1. The molecule has 0 spiro atoms. The van der Waals surface area contributed by atoms with E-state index < -0.39 is 0 Å². The first-order valence-electron chi connectivity index (χ1n) is 4.23. The second-order valence-electron chi connectivity index (χ2n) is 2.66. The van der Waals surface area contributed by atoms with Gasteiger partial charge < -0.3 is 0 Å². The number of rotatable bonds is 4. The molecule has 63 valence electrons. The fraction of sp³-hybridized carbons (Fsp3) is 0.273. The summed E-state index contributed by atoms with van der Waals surface area (Å²) in [5.74, 6) is 0. The smallest absolute Gasteiger partial charge is 0.0825 e. The maximum absolute atomic E-state index is 10.1. The SMILES string of the molecule is [O]CCC/C=C/c1ccccc1. The molecule has 0 bridgehead atoms. The van der Waals surface area contributed by atoms with E-state index in [4.69, 9.17) is 0 Å². The molecule has 0 fully saturated rings. The molecule has 1 aromatic rings. The molecule has 0 saturated carbocycles. The van der Waals surface area contributed by atoms with E-state index in [2.05, 4.69) is 6.08 Å². The Morgan fingerprint density at radius 2 is 1.92 bits per heavy atom. The average Bonchev–Trinajstić information content (AvgIpc) is 2.14. The molecule has 0 aromatic heterocycles. The van der Waals surface area contributed by atoms with E-state index in [1.165, 1.54) is 5.56 Å². The second-order valence-corrected chi connectivity index (χ2v) is 2.66. The van der Waals surface area contributed by atoms with Crippen LogP contribution in [-0.2, 0) is 5.11 Å². The van der Waals surface area contributed by atoms with Crippen molar-refractivity contribution in [3.63, 3.8) is 0 Å². The lowest BCUT2D eigenvalue weighted by molar-refractivity contribution is 0.190. The molecule has 0 heterocycles. The first kappa shape index (κ1) is 9.01. The Morgan fingerprint density at radius 3 is 2.58 bits per heavy atom. The molecule has 1 rings (SSSR count). The van der Waals surface area contributed by atoms with E-state index in [0.717, 1.165) is 12.8 Å². The zero-order valence-electron chi connectivity index (χ0n) is 7.07. The second kappa shape index (κ2) is 5.56. The summed E-state index contributed by atoms with van der Waals surface area (Å²) in [5, 5.41) is 10.1. The topological polar surface area (TPSA) is 19.9 Å². The third-order valence-electron chi connectivity index (χ3n) is 1.63. The monoisotopic (exact) mass is 161 g/mol. The van der Waals surface area contributed by atoms with Gasteiger partial charge in [-0.2, -0.15) is 0 Å². The summed E-state index contributed by atoms with van der Waals surface area (Å²) in [6.07, 6.45) is 5.73. The predicted molar refractivity (Wildman–Crippen MR) is 50.3 cm³/mol. The third-order valence-corrected chi connectivity index (χ3v) is 1.63. The van der Waals surface area contributed by atoms with Gasteiger partial charge >= 0.3 is 0 Å². The molecule has 1 aromatic carbocycles. The highest BCUT2D eigenvalue weighted by molar-refractivity contribution is 5.48. The van der Waals surface area contributed by atoms with Gasteiger partial charge in [0.25, 0.3) is 0 Å². The van der Waals surface area contributed by atoms with Gasteiger partial charge in [-0.1, -0.05) is 42.5 Å². The molecule has 0 unspecified atom stereocenters. The fourth-order valence-corrected chi connectivity index (χ4v) is 0.985. The van der Waals surface area contributed by atoms with E-state index >= 15 is 0 Å². The summed E-state index contributed by atoms with van der Waals surface area (Å²) >= 11 is 0. The van der Waals surface area contributed by atoms with Gasteiger partial charge in [0.2, 0.25) is 0 Å². The minimum Gasteiger partial charge on any atom is -0.237 e. The Labute approximate surface area is 73.4 Å². The normalized spacial score (nSPS) is 10.8. The maximum atomic E-state index is 10.1. The zero-order valence-corrected chi connectivity index (χ0v) is 7.07. The van der Waals surface area contributed by atoms with Gasteiger partial charge in [0, 0.05) is 0 Å². The minimum absolute atomic E-state index is 0.0269. The van der Waals surface area contributed by atoms with Crippen molar-refractivity contribution in [2.45, 2.75) is 12.8 Å². The van der Waals surface area contributed by atoms with Crippen molar-refractivity contribution < 1.29 is 5.11 Å². The van der Waals surface area contributed by atoms with Gasteiger partial charge in [-0.15, -0.1) is 0 Å². The molecule has 0 aliphatic rings. The molecule has 1 radical (unpaired) electrons. The van der Waals surface area contributed by atoms with Gasteiger partial charge in [-0.05, 0) is 18.4 Å². The standard InChI is InChI=1S/C11H13O/c12-10-6-2-5-9-11-7-3-1-4-8-11/h1,3-5,7-9H,2,6,10H2/b9-5+. The van der Waals surface area contributed by atoms with Crippen LogP contribution in [0.3, 0.4) is 0 Å². The summed E-state index contributed by atoms with van der Waals surface area (Å²) in [5.41, 5.74) is 1.20. The Balaban J connectivity index is 2.36. The van der Waals surface area contributed by atoms with Crippen molar-refractivity contribution in [3.8, 4) is 0 Å². The van der Waals surface area contributed by atoms with Crippen molar-refractivity contribution >= 4 is 6.08 Å². The lowest BCUT2D eigenvalue weighted by Gasteiger charge is -1.90. The Kier molecular flexibility index (Phi) is 4.17. The fourth-order valence-electron chi connectivity index (χ4n) is 0.985. The highest BCUT2D eigenvalue weighted by atomic mass is 16.2. The molecule has 0 saturated heterocycles. The summed E-state index contributed by atoms with van der Waals surface area (Å²) < 4.78 is 0. The van der Waals surface area contributed by atoms with Gasteiger partial charge in [0.05, 0.1) is 6.61 Å². The number of benzene rings is 1. The number of allylic oxidation sites excluding steroid dienone is 1. The molecule has 0 atom stereocenters. The molecule has 0 amide bonds. The zero-order chi connectivity index (χ0) is 8.65. The van der Waals surface area contributed by atoms with Crippen LogP contribution in [0.4, 0.5) is 0 Å². The average molecular weight is 161 g/mol. The van der Waals surface area contributed by atoms with Crippen LogP contribution in [-0.4, -0.2) is 6.61 Å². The van der Waals surface area contributed by atoms with Crippen molar-refractivity contribution in [1.29, 1.82) is 0 Å². The first-order chi connectivity index (χ1) is 5.93. The van der Waals surface area contributed by atoms with E-state index in [0.29, 0.717) is 0 Å². The molecule has 1 nitrogen and oxygen atoms in total. The summed E-state index contributed by atoms with van der Waals surface area (Å²) in [7, 11) is 0. The third kappa shape index (κ3) is 3.35. The quantitative estimate of drug-likeness (QED) is 0.605. The molecular formula is C11H13O. The van der Waals surface area contributed by atoms with Crippen LogP contribution in [0.2, 0.25) is 0 Å². The summed E-state index contributed by atoms with van der Waals surface area (Å²) in [6.45, 7) is 0.0269. The molecule has 0 aliphatic carbocycles. The summed E-state index contributed by atoms with van der Waals surface area (Å²) in [6, 6.07) is 10.1. The Bertz CT molecular complexity index is 226.